The highest BCUT2D eigenvalue weighted by molar-refractivity contribution is 5.80. The Hall–Kier alpha value is -1.63. The van der Waals surface area contributed by atoms with Crippen LogP contribution in [0, 0.1) is 5.92 Å². The molecule has 7 nitrogen and oxygen atoms in total. The van der Waals surface area contributed by atoms with Gasteiger partial charge in [0, 0.05) is 45.3 Å². The van der Waals surface area contributed by atoms with Gasteiger partial charge in [0.05, 0.1) is 0 Å². The summed E-state index contributed by atoms with van der Waals surface area (Å²) in [5, 5.41) is 15.3. The minimum atomic E-state index is 0.517. The topological polar surface area (TPSA) is 76.4 Å². The minimum absolute atomic E-state index is 0.517. The van der Waals surface area contributed by atoms with Gasteiger partial charge < -0.3 is 19.9 Å². The highest BCUT2D eigenvalue weighted by atomic mass is 16.5. The Morgan fingerprint density at radius 3 is 2.96 bits per heavy atom. The van der Waals surface area contributed by atoms with Crippen LogP contribution in [0.4, 0.5) is 0 Å². The fourth-order valence-corrected chi connectivity index (χ4v) is 3.39. The standard InChI is InChI=1S/C19H36N6O/c1-4-18-24-22-15-25(18)13-12-21-19(20-11-8-14-26-5-2)23-17-10-7-6-9-16(17)3/h15-17H,4-14H2,1-3H3,(H2,20,21,23). The van der Waals surface area contributed by atoms with Crippen LogP contribution in [0.25, 0.3) is 0 Å². The zero-order valence-electron chi connectivity index (χ0n) is 16.7. The highest BCUT2D eigenvalue weighted by Crippen LogP contribution is 2.23. The molecule has 1 aliphatic rings. The van der Waals surface area contributed by atoms with Gasteiger partial charge in [-0.15, -0.1) is 10.2 Å². The van der Waals surface area contributed by atoms with Gasteiger partial charge in [0.2, 0.25) is 0 Å². The molecular formula is C19H36N6O. The van der Waals surface area contributed by atoms with Gasteiger partial charge in [-0.25, -0.2) is 0 Å². The SMILES string of the molecule is CCOCCCN=C(NCCn1cnnc1CC)NC1CCCCC1C. The second-order valence-corrected chi connectivity index (χ2v) is 7.01. The molecule has 1 aromatic rings. The summed E-state index contributed by atoms with van der Waals surface area (Å²) >= 11 is 0. The molecule has 0 amide bonds. The average Bonchev–Trinajstić information content (AvgIpc) is 3.10. The van der Waals surface area contributed by atoms with E-state index < -0.39 is 0 Å². The Balaban J connectivity index is 1.85. The molecule has 0 bridgehead atoms. The number of hydrogen-bond donors (Lipinski definition) is 2. The number of guanidine groups is 1. The third-order valence-corrected chi connectivity index (χ3v) is 5.01. The van der Waals surface area contributed by atoms with Crippen LogP contribution in [0.15, 0.2) is 11.3 Å². The monoisotopic (exact) mass is 364 g/mol. The van der Waals surface area contributed by atoms with Gasteiger partial charge in [-0.2, -0.15) is 0 Å². The van der Waals surface area contributed by atoms with Gasteiger partial charge in [0.1, 0.15) is 12.2 Å². The molecule has 0 aromatic carbocycles. The van der Waals surface area contributed by atoms with Crippen molar-refractivity contribution in [2.45, 2.75) is 71.9 Å². The number of hydrogen-bond acceptors (Lipinski definition) is 4. The van der Waals surface area contributed by atoms with E-state index in [1.165, 1.54) is 25.7 Å². The second kappa shape index (κ2) is 11.9. The molecule has 1 saturated carbocycles. The van der Waals surface area contributed by atoms with Gasteiger partial charge in [-0.3, -0.25) is 4.99 Å². The molecule has 148 valence electrons. The molecule has 1 aliphatic carbocycles. The Morgan fingerprint density at radius 1 is 1.35 bits per heavy atom. The maximum Gasteiger partial charge on any atom is 0.191 e. The summed E-state index contributed by atoms with van der Waals surface area (Å²) in [6.45, 7) is 10.4. The van der Waals surface area contributed by atoms with Crippen LogP contribution in [-0.4, -0.2) is 53.1 Å². The Kier molecular flexibility index (Phi) is 9.45. The van der Waals surface area contributed by atoms with Crippen LogP contribution in [-0.2, 0) is 17.7 Å². The van der Waals surface area contributed by atoms with Crippen molar-refractivity contribution in [3.05, 3.63) is 12.2 Å². The van der Waals surface area contributed by atoms with E-state index in [9.17, 15) is 0 Å². The zero-order valence-corrected chi connectivity index (χ0v) is 16.7. The van der Waals surface area contributed by atoms with E-state index in [1.54, 1.807) is 6.33 Å². The summed E-state index contributed by atoms with van der Waals surface area (Å²) in [4.78, 5) is 4.76. The van der Waals surface area contributed by atoms with Crippen molar-refractivity contribution in [2.75, 3.05) is 26.3 Å². The molecule has 2 atom stereocenters. The van der Waals surface area contributed by atoms with Crippen molar-refractivity contribution >= 4 is 5.96 Å². The third-order valence-electron chi connectivity index (χ3n) is 5.01. The number of nitrogens with one attached hydrogen (secondary N) is 2. The Labute approximate surface area is 158 Å². The number of aliphatic imine (C=N–C) groups is 1. The summed E-state index contributed by atoms with van der Waals surface area (Å²) in [5.74, 6) is 2.64. The lowest BCUT2D eigenvalue weighted by Crippen LogP contribution is -2.48. The van der Waals surface area contributed by atoms with Gasteiger partial charge in [-0.1, -0.05) is 26.7 Å². The molecule has 2 unspecified atom stereocenters. The molecule has 0 spiro atoms. The zero-order chi connectivity index (χ0) is 18.6. The van der Waals surface area contributed by atoms with E-state index in [2.05, 4.69) is 39.2 Å². The van der Waals surface area contributed by atoms with Crippen molar-refractivity contribution in [1.29, 1.82) is 0 Å². The molecule has 26 heavy (non-hydrogen) atoms. The number of nitrogens with zero attached hydrogens (tertiary/aromatic N) is 4. The lowest BCUT2D eigenvalue weighted by atomic mass is 9.86. The summed E-state index contributed by atoms with van der Waals surface area (Å²) in [7, 11) is 0. The van der Waals surface area contributed by atoms with Crippen LogP contribution < -0.4 is 10.6 Å². The van der Waals surface area contributed by atoms with Crippen molar-refractivity contribution in [3.63, 3.8) is 0 Å². The first kappa shape index (κ1) is 20.7. The predicted molar refractivity (Wildman–Crippen MR) is 105 cm³/mol. The van der Waals surface area contributed by atoms with Crippen LogP contribution >= 0.6 is 0 Å². The highest BCUT2D eigenvalue weighted by Gasteiger charge is 2.22. The molecular weight excluding hydrogens is 328 g/mol. The quantitative estimate of drug-likeness (QED) is 0.379. The van der Waals surface area contributed by atoms with E-state index in [-0.39, 0.29) is 0 Å². The van der Waals surface area contributed by atoms with Gasteiger partial charge in [0.25, 0.3) is 0 Å². The van der Waals surface area contributed by atoms with Crippen LogP contribution in [0.2, 0.25) is 0 Å². The van der Waals surface area contributed by atoms with E-state index in [1.807, 2.05) is 6.92 Å². The number of ether oxygens (including phenoxy) is 1. The van der Waals surface area contributed by atoms with E-state index in [0.29, 0.717) is 12.0 Å². The normalized spacial score (nSPS) is 21.0. The first-order chi connectivity index (χ1) is 12.7. The molecule has 0 radical (unpaired) electrons. The van der Waals surface area contributed by atoms with Gasteiger partial charge in [0.15, 0.2) is 5.96 Å². The summed E-state index contributed by atoms with van der Waals surface area (Å²) in [5.41, 5.74) is 0. The van der Waals surface area contributed by atoms with Crippen molar-refractivity contribution in [1.82, 2.24) is 25.4 Å². The summed E-state index contributed by atoms with van der Waals surface area (Å²) < 4.78 is 7.51. The molecule has 1 heterocycles. The van der Waals surface area contributed by atoms with E-state index in [4.69, 9.17) is 9.73 Å². The lowest BCUT2D eigenvalue weighted by Gasteiger charge is -2.31. The number of aryl methyl sites for hydroxylation is 1. The van der Waals surface area contributed by atoms with Crippen molar-refractivity contribution in [2.24, 2.45) is 10.9 Å². The second-order valence-electron chi connectivity index (χ2n) is 7.01. The van der Waals surface area contributed by atoms with E-state index >= 15 is 0 Å². The lowest BCUT2D eigenvalue weighted by molar-refractivity contribution is 0.146. The predicted octanol–water partition coefficient (Wildman–Crippen LogP) is 2.38. The largest absolute Gasteiger partial charge is 0.382 e. The minimum Gasteiger partial charge on any atom is -0.382 e. The molecule has 2 rings (SSSR count). The van der Waals surface area contributed by atoms with Gasteiger partial charge in [-0.05, 0) is 32.1 Å². The molecule has 1 aromatic heterocycles. The fraction of sp³-hybridized carbons (Fsp3) is 0.842. The van der Waals surface area contributed by atoms with Crippen LogP contribution in [0.3, 0.4) is 0 Å². The van der Waals surface area contributed by atoms with Crippen molar-refractivity contribution < 1.29 is 4.74 Å². The van der Waals surface area contributed by atoms with E-state index in [0.717, 1.165) is 57.5 Å². The van der Waals surface area contributed by atoms with Crippen LogP contribution in [0.1, 0.15) is 58.7 Å². The maximum absolute atomic E-state index is 5.41. The summed E-state index contributed by atoms with van der Waals surface area (Å²) in [6, 6.07) is 0.517. The Bertz CT molecular complexity index is 530. The Morgan fingerprint density at radius 2 is 2.19 bits per heavy atom. The van der Waals surface area contributed by atoms with Crippen molar-refractivity contribution in [3.8, 4) is 0 Å². The van der Waals surface area contributed by atoms with Crippen LogP contribution in [0.5, 0.6) is 0 Å². The maximum atomic E-state index is 5.41. The fourth-order valence-electron chi connectivity index (χ4n) is 3.39. The summed E-state index contributed by atoms with van der Waals surface area (Å²) in [6.07, 6.45) is 8.84. The molecule has 7 heteroatoms. The molecule has 1 fully saturated rings. The number of aromatic nitrogens is 3. The molecule has 2 N–H and O–H groups in total. The number of rotatable bonds is 10. The van der Waals surface area contributed by atoms with Gasteiger partial charge >= 0.3 is 0 Å². The molecule has 0 saturated heterocycles. The first-order valence-electron chi connectivity index (χ1n) is 10.2. The average molecular weight is 365 g/mol. The smallest absolute Gasteiger partial charge is 0.191 e. The third kappa shape index (κ3) is 6.94. The molecule has 0 aliphatic heterocycles. The first-order valence-corrected chi connectivity index (χ1v) is 10.2.